The Balaban J connectivity index is 1.54. The van der Waals surface area contributed by atoms with E-state index in [1.165, 1.54) is 11.8 Å². The van der Waals surface area contributed by atoms with Gasteiger partial charge >= 0.3 is 0 Å². The zero-order valence-electron chi connectivity index (χ0n) is 13.0. The Kier molecular flexibility index (Phi) is 5.35. The third-order valence-electron chi connectivity index (χ3n) is 3.66. The minimum absolute atomic E-state index is 0.0179. The van der Waals surface area contributed by atoms with Crippen LogP contribution in [0.25, 0.3) is 11.6 Å². The molecule has 1 aliphatic heterocycles. The summed E-state index contributed by atoms with van der Waals surface area (Å²) in [7, 11) is 0. The molecule has 3 rings (SSSR count). The molecule has 3 heterocycles. The Labute approximate surface area is 138 Å². The first kappa shape index (κ1) is 16.1. The number of rotatable bonds is 7. The van der Waals surface area contributed by atoms with Crippen molar-refractivity contribution >= 4 is 17.7 Å². The highest BCUT2D eigenvalue weighted by Crippen LogP contribution is 2.24. The van der Waals surface area contributed by atoms with E-state index in [0.717, 1.165) is 19.4 Å². The van der Waals surface area contributed by atoms with Gasteiger partial charge in [0.1, 0.15) is 0 Å². The van der Waals surface area contributed by atoms with Gasteiger partial charge < -0.3 is 14.5 Å². The topological polar surface area (TPSA) is 82.2 Å². The fourth-order valence-corrected chi connectivity index (χ4v) is 3.31. The summed E-state index contributed by atoms with van der Waals surface area (Å²) < 4.78 is 12.8. The number of aromatic nitrogens is 3. The van der Waals surface area contributed by atoms with Crippen molar-refractivity contribution in [1.82, 2.24) is 20.1 Å². The van der Waals surface area contributed by atoms with Crippen molar-refractivity contribution < 1.29 is 13.9 Å². The molecule has 0 radical (unpaired) electrons. The zero-order valence-corrected chi connectivity index (χ0v) is 13.8. The Hall–Kier alpha value is -1.80. The number of thioether (sulfide) groups is 1. The summed E-state index contributed by atoms with van der Waals surface area (Å²) in [6.45, 7) is 4.10. The molecular weight excluding hydrogens is 316 g/mol. The predicted octanol–water partition coefficient (Wildman–Crippen LogP) is 1.95. The van der Waals surface area contributed by atoms with Crippen LogP contribution in [-0.4, -0.2) is 45.7 Å². The Morgan fingerprint density at radius 3 is 3.13 bits per heavy atom. The number of ether oxygens (including phenoxy) is 1. The quantitative estimate of drug-likeness (QED) is 0.778. The minimum Gasteiger partial charge on any atom is -0.461 e. The van der Waals surface area contributed by atoms with Gasteiger partial charge in [-0.05, 0) is 31.9 Å². The summed E-state index contributed by atoms with van der Waals surface area (Å²) in [4.78, 5) is 11.9. The summed E-state index contributed by atoms with van der Waals surface area (Å²) in [6.07, 6.45) is 3.86. The highest BCUT2D eigenvalue weighted by Gasteiger charge is 2.18. The molecule has 124 valence electrons. The lowest BCUT2D eigenvalue weighted by Gasteiger charge is -2.10. The van der Waals surface area contributed by atoms with Gasteiger partial charge in [-0.3, -0.25) is 9.36 Å². The van der Waals surface area contributed by atoms with Gasteiger partial charge in [0, 0.05) is 19.7 Å². The average Bonchev–Trinajstić information content (AvgIpc) is 3.31. The first-order valence-corrected chi connectivity index (χ1v) is 8.74. The molecule has 0 unspecified atom stereocenters. The molecule has 8 heteroatoms. The molecule has 1 aliphatic rings. The van der Waals surface area contributed by atoms with E-state index in [1.54, 1.807) is 6.26 Å². The third kappa shape index (κ3) is 3.94. The van der Waals surface area contributed by atoms with E-state index in [1.807, 2.05) is 23.6 Å². The van der Waals surface area contributed by atoms with E-state index in [4.69, 9.17) is 9.15 Å². The van der Waals surface area contributed by atoms with Crippen LogP contribution in [0, 0.1) is 0 Å². The van der Waals surface area contributed by atoms with Crippen LogP contribution in [-0.2, 0) is 16.1 Å². The van der Waals surface area contributed by atoms with Crippen LogP contribution in [0.5, 0.6) is 0 Å². The molecule has 1 N–H and O–H groups in total. The summed E-state index contributed by atoms with van der Waals surface area (Å²) >= 11 is 1.38. The predicted molar refractivity (Wildman–Crippen MR) is 86.1 cm³/mol. The van der Waals surface area contributed by atoms with Crippen LogP contribution >= 0.6 is 11.8 Å². The lowest BCUT2D eigenvalue weighted by molar-refractivity contribution is -0.119. The molecule has 1 saturated heterocycles. The van der Waals surface area contributed by atoms with Crippen molar-refractivity contribution in [3.63, 3.8) is 0 Å². The Morgan fingerprint density at radius 1 is 1.52 bits per heavy atom. The molecular formula is C15H20N4O3S. The first-order chi connectivity index (χ1) is 11.3. The van der Waals surface area contributed by atoms with Crippen molar-refractivity contribution in [2.45, 2.75) is 37.6 Å². The number of hydrogen-bond acceptors (Lipinski definition) is 6. The minimum atomic E-state index is -0.0179. The monoisotopic (exact) mass is 336 g/mol. The SMILES string of the molecule is CCn1c(SCC(=O)NC[C@@H]2CCCO2)nnc1-c1ccco1. The molecule has 0 spiro atoms. The number of nitrogens with zero attached hydrogens (tertiary/aromatic N) is 3. The van der Waals surface area contributed by atoms with Crippen LogP contribution in [0.2, 0.25) is 0 Å². The largest absolute Gasteiger partial charge is 0.461 e. The van der Waals surface area contributed by atoms with Crippen molar-refractivity contribution in [3.05, 3.63) is 18.4 Å². The molecule has 2 aromatic heterocycles. The van der Waals surface area contributed by atoms with Gasteiger partial charge in [-0.1, -0.05) is 11.8 Å². The molecule has 2 aromatic rings. The van der Waals surface area contributed by atoms with Crippen molar-refractivity contribution in [3.8, 4) is 11.6 Å². The highest BCUT2D eigenvalue weighted by molar-refractivity contribution is 7.99. The molecule has 0 aromatic carbocycles. The number of hydrogen-bond donors (Lipinski definition) is 1. The number of carbonyl (C=O) groups is 1. The van der Waals surface area contributed by atoms with E-state index in [9.17, 15) is 4.79 Å². The molecule has 7 nitrogen and oxygen atoms in total. The smallest absolute Gasteiger partial charge is 0.230 e. The van der Waals surface area contributed by atoms with Gasteiger partial charge in [0.2, 0.25) is 5.91 Å². The van der Waals surface area contributed by atoms with Crippen molar-refractivity contribution in [2.75, 3.05) is 18.9 Å². The maximum Gasteiger partial charge on any atom is 0.230 e. The zero-order chi connectivity index (χ0) is 16.1. The summed E-state index contributed by atoms with van der Waals surface area (Å²) in [6, 6.07) is 3.66. The second-order valence-corrected chi connectivity index (χ2v) is 6.20. The van der Waals surface area contributed by atoms with Gasteiger partial charge in [-0.25, -0.2) is 0 Å². The van der Waals surface area contributed by atoms with Gasteiger partial charge in [-0.15, -0.1) is 10.2 Å². The Morgan fingerprint density at radius 2 is 2.43 bits per heavy atom. The maximum absolute atomic E-state index is 11.9. The normalized spacial score (nSPS) is 17.5. The van der Waals surface area contributed by atoms with E-state index in [-0.39, 0.29) is 12.0 Å². The van der Waals surface area contributed by atoms with Crippen molar-refractivity contribution in [2.24, 2.45) is 0 Å². The van der Waals surface area contributed by atoms with Gasteiger partial charge in [0.15, 0.2) is 16.7 Å². The van der Waals surface area contributed by atoms with Gasteiger partial charge in [-0.2, -0.15) is 0 Å². The number of nitrogens with one attached hydrogen (secondary N) is 1. The molecule has 0 bridgehead atoms. The lowest BCUT2D eigenvalue weighted by atomic mass is 10.2. The summed E-state index contributed by atoms with van der Waals surface area (Å²) in [5.41, 5.74) is 0. The van der Waals surface area contributed by atoms with E-state index in [0.29, 0.717) is 35.6 Å². The molecule has 23 heavy (non-hydrogen) atoms. The number of furan rings is 1. The van der Waals surface area contributed by atoms with Crippen LogP contribution < -0.4 is 5.32 Å². The first-order valence-electron chi connectivity index (χ1n) is 7.76. The lowest BCUT2D eigenvalue weighted by Crippen LogP contribution is -2.32. The molecule has 1 atom stereocenters. The van der Waals surface area contributed by atoms with E-state index in [2.05, 4.69) is 15.5 Å². The Bertz CT molecular complexity index is 635. The van der Waals surface area contributed by atoms with E-state index < -0.39 is 0 Å². The molecule has 0 aliphatic carbocycles. The summed E-state index contributed by atoms with van der Waals surface area (Å²) in [5, 5.41) is 11.9. The third-order valence-corrected chi connectivity index (χ3v) is 4.62. The molecule has 1 fully saturated rings. The number of carbonyl (C=O) groups excluding carboxylic acids is 1. The standard InChI is InChI=1S/C15H20N4O3S/c1-2-19-14(12-6-4-8-22-12)17-18-15(19)23-10-13(20)16-9-11-5-3-7-21-11/h4,6,8,11H,2-3,5,7,9-10H2,1H3,(H,16,20)/t11-/m0/s1. The fraction of sp³-hybridized carbons (Fsp3) is 0.533. The van der Waals surface area contributed by atoms with Gasteiger partial charge in [0.05, 0.1) is 18.1 Å². The van der Waals surface area contributed by atoms with Crippen LogP contribution in [0.15, 0.2) is 28.0 Å². The fourth-order valence-electron chi connectivity index (χ4n) is 2.48. The second-order valence-electron chi connectivity index (χ2n) is 5.26. The number of amides is 1. The van der Waals surface area contributed by atoms with Crippen molar-refractivity contribution in [1.29, 1.82) is 0 Å². The molecule has 0 saturated carbocycles. The summed E-state index contributed by atoms with van der Waals surface area (Å²) in [5.74, 6) is 1.65. The molecule has 1 amide bonds. The second kappa shape index (κ2) is 7.65. The van der Waals surface area contributed by atoms with Crippen LogP contribution in [0.1, 0.15) is 19.8 Å². The van der Waals surface area contributed by atoms with Crippen LogP contribution in [0.4, 0.5) is 0 Å². The van der Waals surface area contributed by atoms with E-state index >= 15 is 0 Å². The maximum atomic E-state index is 11.9. The van der Waals surface area contributed by atoms with Crippen LogP contribution in [0.3, 0.4) is 0 Å². The van der Waals surface area contributed by atoms with Gasteiger partial charge in [0.25, 0.3) is 0 Å². The highest BCUT2D eigenvalue weighted by atomic mass is 32.2. The average molecular weight is 336 g/mol.